The summed E-state index contributed by atoms with van der Waals surface area (Å²) in [6, 6.07) is 11.4. The molecule has 12 nitrogen and oxygen atoms in total. The lowest BCUT2D eigenvalue weighted by Crippen LogP contribution is -2.56. The number of alkyl halides is 1. The molecule has 6 heterocycles. The quantitative estimate of drug-likeness (QED) is 0.103. The fourth-order valence-corrected chi connectivity index (χ4v) is 9.33. The predicted molar refractivity (Wildman–Crippen MR) is 207 cm³/mol. The molecule has 4 saturated heterocycles. The van der Waals surface area contributed by atoms with Crippen LogP contribution in [0, 0.1) is 24.0 Å². The lowest BCUT2D eigenvalue weighted by molar-refractivity contribution is -0.131. The molecule has 4 fully saturated rings. The van der Waals surface area contributed by atoms with Crippen molar-refractivity contribution >= 4 is 39.6 Å². The molecule has 4 aliphatic rings. The maximum absolute atomic E-state index is 17.1. The number of aromatic hydroxyl groups is 1. The highest BCUT2D eigenvalue weighted by Gasteiger charge is 2.50. The third-order valence-corrected chi connectivity index (χ3v) is 11.9. The van der Waals surface area contributed by atoms with Gasteiger partial charge in [0.2, 0.25) is 0 Å². The summed E-state index contributed by atoms with van der Waals surface area (Å²) in [4.78, 5) is 44.5. The Morgan fingerprint density at radius 3 is 2.57 bits per heavy atom. The number of anilines is 1. The molecule has 0 radical (unpaired) electrons. The fourth-order valence-electron chi connectivity index (χ4n) is 9.33. The van der Waals surface area contributed by atoms with Crippen LogP contribution < -0.4 is 14.4 Å². The van der Waals surface area contributed by atoms with E-state index < -0.39 is 35.4 Å². The number of amides is 1. The van der Waals surface area contributed by atoms with E-state index in [1.807, 2.05) is 4.90 Å². The molecule has 0 aliphatic carbocycles. The molecule has 2 unspecified atom stereocenters. The van der Waals surface area contributed by atoms with E-state index in [1.165, 1.54) is 37.4 Å². The average Bonchev–Trinajstić information content (AvgIpc) is 3.82. The van der Waals surface area contributed by atoms with E-state index in [-0.39, 0.29) is 70.2 Å². The van der Waals surface area contributed by atoms with Crippen molar-refractivity contribution in [1.82, 2.24) is 24.8 Å². The van der Waals surface area contributed by atoms with E-state index in [0.29, 0.717) is 55.9 Å². The molecule has 2 aromatic heterocycles. The first-order chi connectivity index (χ1) is 28.0. The Labute approximate surface area is 331 Å². The summed E-state index contributed by atoms with van der Waals surface area (Å²) >= 11 is 0. The minimum absolute atomic E-state index is 0.0232. The number of carbonyl (C=O) groups is 2. The number of ether oxygens (including phenoxy) is 3. The molecular weight excluding hydrogens is 754 g/mol. The number of nitrogens with zero attached hydrogens (tertiary/aromatic N) is 6. The number of halogens is 3. The van der Waals surface area contributed by atoms with Gasteiger partial charge in [0.25, 0.3) is 0 Å². The molecule has 9 rings (SSSR count). The number of pyridine rings is 1. The third-order valence-electron chi connectivity index (χ3n) is 11.9. The van der Waals surface area contributed by atoms with Gasteiger partial charge in [0.05, 0.1) is 28.6 Å². The maximum Gasteiger partial charge on any atom is 0.410 e. The lowest BCUT2D eigenvalue weighted by Gasteiger charge is -2.41. The normalized spacial score (nSPS) is 22.6. The van der Waals surface area contributed by atoms with Gasteiger partial charge in [-0.3, -0.25) is 19.6 Å². The number of piperazine rings is 1. The topological polar surface area (TPSA) is 130 Å². The minimum atomic E-state index is -0.982. The lowest BCUT2D eigenvalue weighted by atomic mass is 9.95. The van der Waals surface area contributed by atoms with E-state index in [0.717, 1.165) is 24.9 Å². The van der Waals surface area contributed by atoms with Gasteiger partial charge in [0.15, 0.2) is 5.82 Å². The van der Waals surface area contributed by atoms with Gasteiger partial charge in [-0.1, -0.05) is 24.1 Å². The molecule has 4 atom stereocenters. The standard InChI is InChI=1S/C43H39F3N6O6/c1-3-32-35(45)12-7-26-15-30(54)16-33(36(26)32)38-37(46)39-34(18-47-38)40(49-41(48-39)57-23-43-13-4-14-51(43)19-27(44)17-43)50-20-28-8-9-29(21-50)52(28)42(55)56-22-25-5-10-31(11-6-25)58-24(2)53/h1,5-7,10-12,15-16,18,27-29,54H,4,8-9,13-14,17,19-23H2,2H3/t27-,28?,29?,43+/m1/s1. The fraction of sp³-hybridized carbons (Fsp3) is 0.372. The second kappa shape index (κ2) is 14.7. The highest BCUT2D eigenvalue weighted by atomic mass is 19.1. The Hall–Kier alpha value is -6.14. The van der Waals surface area contributed by atoms with Crippen molar-refractivity contribution in [2.45, 2.75) is 69.4 Å². The first-order valence-electron chi connectivity index (χ1n) is 19.3. The van der Waals surface area contributed by atoms with Crippen LogP contribution in [0.2, 0.25) is 0 Å². The van der Waals surface area contributed by atoms with Crippen LogP contribution in [0.4, 0.5) is 23.8 Å². The van der Waals surface area contributed by atoms with Gasteiger partial charge >= 0.3 is 18.1 Å². The minimum Gasteiger partial charge on any atom is -0.508 e. The Balaban J connectivity index is 1.05. The number of fused-ring (bicyclic) bond motifs is 5. The number of terminal acetylenes is 1. The molecule has 2 bridgehead atoms. The van der Waals surface area contributed by atoms with Gasteiger partial charge in [-0.2, -0.15) is 9.97 Å². The molecule has 298 valence electrons. The van der Waals surface area contributed by atoms with Crippen LogP contribution in [0.15, 0.2) is 54.7 Å². The molecule has 5 aromatic rings. The molecule has 15 heteroatoms. The first-order valence-corrected chi connectivity index (χ1v) is 19.3. The van der Waals surface area contributed by atoms with E-state index in [4.69, 9.17) is 25.6 Å². The average molecular weight is 793 g/mol. The number of aromatic nitrogens is 3. The summed E-state index contributed by atoms with van der Waals surface area (Å²) in [6.07, 6.45) is 9.09. The van der Waals surface area contributed by atoms with Gasteiger partial charge in [-0.25, -0.2) is 18.0 Å². The number of esters is 1. The molecule has 1 amide bonds. The van der Waals surface area contributed by atoms with Crippen molar-refractivity contribution in [3.8, 4) is 41.1 Å². The first kappa shape index (κ1) is 37.4. The van der Waals surface area contributed by atoms with Crippen LogP contribution in [-0.4, -0.2) is 98.5 Å². The van der Waals surface area contributed by atoms with Crippen LogP contribution in [0.3, 0.4) is 0 Å². The summed E-state index contributed by atoms with van der Waals surface area (Å²) < 4.78 is 63.9. The van der Waals surface area contributed by atoms with Crippen LogP contribution in [0.25, 0.3) is 32.9 Å². The monoisotopic (exact) mass is 792 g/mol. The summed E-state index contributed by atoms with van der Waals surface area (Å²) in [7, 11) is 0. The van der Waals surface area contributed by atoms with Crippen molar-refractivity contribution in [2.24, 2.45) is 0 Å². The van der Waals surface area contributed by atoms with Gasteiger partial charge in [-0.15, -0.1) is 6.42 Å². The van der Waals surface area contributed by atoms with Crippen LogP contribution in [0.5, 0.6) is 17.5 Å². The zero-order valence-corrected chi connectivity index (χ0v) is 31.6. The van der Waals surface area contributed by atoms with Crippen LogP contribution >= 0.6 is 0 Å². The second-order valence-electron chi connectivity index (χ2n) is 15.5. The van der Waals surface area contributed by atoms with Crippen molar-refractivity contribution in [3.05, 3.63) is 77.5 Å². The van der Waals surface area contributed by atoms with E-state index in [2.05, 4.69) is 20.8 Å². The number of benzene rings is 3. The molecule has 3 aromatic carbocycles. The maximum atomic E-state index is 17.1. The third kappa shape index (κ3) is 6.64. The van der Waals surface area contributed by atoms with Crippen LogP contribution in [-0.2, 0) is 16.1 Å². The van der Waals surface area contributed by atoms with Crippen molar-refractivity contribution in [2.75, 3.05) is 37.7 Å². The van der Waals surface area contributed by atoms with Crippen LogP contribution in [0.1, 0.15) is 50.2 Å². The molecule has 0 spiro atoms. The number of phenols is 1. The van der Waals surface area contributed by atoms with Gasteiger partial charge < -0.3 is 24.2 Å². The predicted octanol–water partition coefficient (Wildman–Crippen LogP) is 6.68. The number of carbonyl (C=O) groups excluding carboxylic acids is 2. The Bertz CT molecular complexity index is 2500. The van der Waals surface area contributed by atoms with Crippen molar-refractivity contribution in [3.63, 3.8) is 0 Å². The van der Waals surface area contributed by atoms with E-state index in [9.17, 15) is 23.5 Å². The smallest absolute Gasteiger partial charge is 0.410 e. The largest absolute Gasteiger partial charge is 0.508 e. The van der Waals surface area contributed by atoms with Gasteiger partial charge in [0, 0.05) is 50.1 Å². The molecule has 0 saturated carbocycles. The Morgan fingerprint density at radius 1 is 1.05 bits per heavy atom. The highest BCUT2D eigenvalue weighted by Crippen LogP contribution is 2.43. The summed E-state index contributed by atoms with van der Waals surface area (Å²) in [5.41, 5.74) is -0.154. The summed E-state index contributed by atoms with van der Waals surface area (Å²) in [5.74, 6) is 0.928. The zero-order chi connectivity index (χ0) is 40.3. The Kier molecular flexibility index (Phi) is 9.46. The summed E-state index contributed by atoms with van der Waals surface area (Å²) in [5, 5.41) is 11.5. The molecule has 4 aliphatic heterocycles. The number of hydrogen-bond donors (Lipinski definition) is 1. The van der Waals surface area contributed by atoms with E-state index in [1.54, 1.807) is 29.2 Å². The number of phenolic OH excluding ortho intramolecular Hbond substituents is 1. The summed E-state index contributed by atoms with van der Waals surface area (Å²) in [6.45, 7) is 3.23. The highest BCUT2D eigenvalue weighted by molar-refractivity contribution is 6.03. The molecular formula is C43H39F3N6O6. The number of rotatable bonds is 8. The van der Waals surface area contributed by atoms with Crippen molar-refractivity contribution in [1.29, 1.82) is 0 Å². The van der Waals surface area contributed by atoms with Gasteiger partial charge in [0.1, 0.15) is 53.7 Å². The second-order valence-corrected chi connectivity index (χ2v) is 15.5. The molecule has 58 heavy (non-hydrogen) atoms. The number of hydrogen-bond acceptors (Lipinski definition) is 11. The molecule has 1 N–H and O–H groups in total. The zero-order valence-electron chi connectivity index (χ0n) is 31.6. The van der Waals surface area contributed by atoms with Crippen molar-refractivity contribution < 1.29 is 42.1 Å². The SMILES string of the molecule is C#Cc1c(F)ccc2cc(O)cc(-c3ncc4c(N5CC6CCC(C5)N6C(=O)OCc5ccc(OC(C)=O)cc5)nc(OC[C@@]56CCCN5C[C@H](F)C6)nc4c3F)c12. The Morgan fingerprint density at radius 2 is 1.83 bits per heavy atom. The van der Waals surface area contributed by atoms with Gasteiger partial charge in [-0.05, 0) is 73.5 Å². The van der Waals surface area contributed by atoms with E-state index >= 15 is 4.39 Å².